The summed E-state index contributed by atoms with van der Waals surface area (Å²) in [6, 6.07) is 8.45. The predicted octanol–water partition coefficient (Wildman–Crippen LogP) is 3.35. The highest BCUT2D eigenvalue weighted by atomic mass is 16.1. The number of para-hydroxylation sites is 1. The van der Waals surface area contributed by atoms with Crippen LogP contribution in [-0.2, 0) is 19.5 Å². The number of aromatic nitrogens is 3. The van der Waals surface area contributed by atoms with Crippen LogP contribution in [0.4, 0.5) is 5.95 Å². The van der Waals surface area contributed by atoms with E-state index in [0.29, 0.717) is 5.92 Å². The van der Waals surface area contributed by atoms with Crippen LogP contribution in [0, 0.1) is 12.8 Å². The summed E-state index contributed by atoms with van der Waals surface area (Å²) in [5.74, 6) is 1.40. The van der Waals surface area contributed by atoms with Crippen molar-refractivity contribution in [1.82, 2.24) is 19.9 Å². The van der Waals surface area contributed by atoms with Gasteiger partial charge in [-0.15, -0.1) is 0 Å². The molecule has 4 heterocycles. The Balaban J connectivity index is 1.39. The van der Waals surface area contributed by atoms with E-state index < -0.39 is 0 Å². The van der Waals surface area contributed by atoms with Crippen molar-refractivity contribution in [3.63, 3.8) is 0 Å². The molecule has 1 aromatic carbocycles. The number of anilines is 1. The molecular formula is C23H29N5O. The lowest BCUT2D eigenvalue weighted by molar-refractivity contribution is 0.237. The summed E-state index contributed by atoms with van der Waals surface area (Å²) in [6.07, 6.45) is 3.17. The summed E-state index contributed by atoms with van der Waals surface area (Å²) in [6.45, 7) is 8.86. The minimum atomic E-state index is 0.0460. The van der Waals surface area contributed by atoms with E-state index in [1.807, 2.05) is 0 Å². The Bertz CT molecular complexity index is 1100. The number of fused-ring (bicyclic) bond motifs is 2. The molecule has 0 aliphatic carbocycles. The zero-order chi connectivity index (χ0) is 20.0. The Morgan fingerprint density at radius 1 is 1.21 bits per heavy atom. The van der Waals surface area contributed by atoms with E-state index in [0.717, 1.165) is 62.8 Å². The van der Waals surface area contributed by atoms with Crippen LogP contribution in [0.15, 0.2) is 29.1 Å². The molecule has 6 nitrogen and oxygen atoms in total. The normalized spacial score (nSPS) is 20.2. The number of nitrogens with one attached hydrogen (secondary N) is 2. The van der Waals surface area contributed by atoms with Crippen LogP contribution in [0.1, 0.15) is 42.3 Å². The number of hydrogen-bond acceptors (Lipinski definition) is 4. The molecule has 0 bridgehead atoms. The molecule has 0 saturated carbocycles. The first kappa shape index (κ1) is 18.4. The molecule has 0 amide bonds. The number of benzene rings is 1. The Morgan fingerprint density at radius 3 is 2.90 bits per heavy atom. The summed E-state index contributed by atoms with van der Waals surface area (Å²) in [5, 5.41) is 1.29. The Labute approximate surface area is 171 Å². The van der Waals surface area contributed by atoms with Crippen molar-refractivity contribution in [1.29, 1.82) is 0 Å². The summed E-state index contributed by atoms with van der Waals surface area (Å²) in [5.41, 5.74) is 5.61. The number of aromatic amines is 2. The third-order valence-corrected chi connectivity index (χ3v) is 6.55. The summed E-state index contributed by atoms with van der Waals surface area (Å²) in [4.78, 5) is 28.9. The van der Waals surface area contributed by atoms with Gasteiger partial charge in [0.2, 0.25) is 5.95 Å². The van der Waals surface area contributed by atoms with E-state index in [4.69, 9.17) is 4.98 Å². The zero-order valence-electron chi connectivity index (χ0n) is 17.3. The highest BCUT2D eigenvalue weighted by molar-refractivity contribution is 5.84. The molecule has 5 rings (SSSR count). The lowest BCUT2D eigenvalue weighted by Gasteiger charge is -2.33. The highest BCUT2D eigenvalue weighted by Gasteiger charge is 2.25. The van der Waals surface area contributed by atoms with Gasteiger partial charge in [-0.05, 0) is 43.7 Å². The molecule has 0 radical (unpaired) electrons. The van der Waals surface area contributed by atoms with E-state index in [-0.39, 0.29) is 5.56 Å². The van der Waals surface area contributed by atoms with Gasteiger partial charge in [0.15, 0.2) is 0 Å². The van der Waals surface area contributed by atoms with Crippen LogP contribution >= 0.6 is 0 Å². The largest absolute Gasteiger partial charge is 0.357 e. The van der Waals surface area contributed by atoms with Gasteiger partial charge in [-0.2, -0.15) is 0 Å². The number of hydrogen-bond donors (Lipinski definition) is 2. The van der Waals surface area contributed by atoms with Crippen molar-refractivity contribution in [2.45, 2.75) is 46.2 Å². The molecule has 29 heavy (non-hydrogen) atoms. The van der Waals surface area contributed by atoms with Crippen molar-refractivity contribution >= 4 is 16.9 Å². The number of aryl methyl sites for hydroxylation is 1. The van der Waals surface area contributed by atoms with E-state index in [9.17, 15) is 4.79 Å². The fraction of sp³-hybridized carbons (Fsp3) is 0.478. The molecule has 2 aliphatic heterocycles. The topological polar surface area (TPSA) is 68.0 Å². The zero-order valence-corrected chi connectivity index (χ0v) is 17.3. The average molecular weight is 392 g/mol. The van der Waals surface area contributed by atoms with Crippen LogP contribution < -0.4 is 10.5 Å². The molecule has 1 saturated heterocycles. The molecule has 1 fully saturated rings. The minimum absolute atomic E-state index is 0.0460. The molecule has 6 heteroatoms. The van der Waals surface area contributed by atoms with Gasteiger partial charge in [0.1, 0.15) is 0 Å². The van der Waals surface area contributed by atoms with E-state index in [1.54, 1.807) is 0 Å². The van der Waals surface area contributed by atoms with Gasteiger partial charge in [-0.3, -0.25) is 14.7 Å². The quantitative estimate of drug-likeness (QED) is 0.718. The van der Waals surface area contributed by atoms with Gasteiger partial charge in [0.05, 0.1) is 5.69 Å². The van der Waals surface area contributed by atoms with E-state index in [2.05, 4.69) is 57.9 Å². The number of H-pyrrole nitrogens is 2. The smallest absolute Gasteiger partial charge is 0.255 e. The molecule has 0 unspecified atom stereocenters. The molecule has 1 atom stereocenters. The van der Waals surface area contributed by atoms with Crippen LogP contribution in [0.3, 0.4) is 0 Å². The molecule has 2 aliphatic rings. The first-order valence-corrected chi connectivity index (χ1v) is 10.7. The maximum Gasteiger partial charge on any atom is 0.255 e. The Hall–Kier alpha value is -2.60. The van der Waals surface area contributed by atoms with Crippen LogP contribution in [0.2, 0.25) is 0 Å². The van der Waals surface area contributed by atoms with Crippen LogP contribution in [-0.4, -0.2) is 39.5 Å². The van der Waals surface area contributed by atoms with Gasteiger partial charge in [-0.1, -0.05) is 25.1 Å². The monoisotopic (exact) mass is 391 g/mol. The first-order valence-electron chi connectivity index (χ1n) is 10.7. The average Bonchev–Trinajstić information content (AvgIpc) is 3.03. The lowest BCUT2D eigenvalue weighted by atomic mass is 10.0. The third-order valence-electron chi connectivity index (χ3n) is 6.55. The van der Waals surface area contributed by atoms with Gasteiger partial charge in [-0.25, -0.2) is 4.98 Å². The molecule has 0 spiro atoms. The van der Waals surface area contributed by atoms with Gasteiger partial charge in [0.25, 0.3) is 5.56 Å². The SMILES string of the molecule is Cc1c(CN2CCc3c(nc(N4CCC[C@H](C)C4)[nH]c3=O)C2)[nH]c2ccccc12. The van der Waals surface area contributed by atoms with Crippen LogP contribution in [0.25, 0.3) is 10.9 Å². The Morgan fingerprint density at radius 2 is 2.07 bits per heavy atom. The van der Waals surface area contributed by atoms with Crippen molar-refractivity contribution < 1.29 is 0 Å². The molecule has 152 valence electrons. The minimum Gasteiger partial charge on any atom is -0.357 e. The summed E-state index contributed by atoms with van der Waals surface area (Å²) >= 11 is 0. The van der Waals surface area contributed by atoms with Crippen molar-refractivity contribution in [3.05, 3.63) is 57.1 Å². The molecule has 3 aromatic rings. The molecular weight excluding hydrogens is 362 g/mol. The predicted molar refractivity (Wildman–Crippen MR) is 116 cm³/mol. The second-order valence-corrected chi connectivity index (χ2v) is 8.74. The molecule has 2 aromatic heterocycles. The maximum atomic E-state index is 12.7. The van der Waals surface area contributed by atoms with Gasteiger partial charge in [0, 0.05) is 54.9 Å². The Kier molecular flexibility index (Phi) is 4.66. The second kappa shape index (κ2) is 7.34. The maximum absolute atomic E-state index is 12.7. The summed E-state index contributed by atoms with van der Waals surface area (Å²) in [7, 11) is 0. The summed E-state index contributed by atoms with van der Waals surface area (Å²) < 4.78 is 0. The number of piperidine rings is 1. The van der Waals surface area contributed by atoms with Gasteiger partial charge < -0.3 is 9.88 Å². The molecule has 2 N–H and O–H groups in total. The van der Waals surface area contributed by atoms with Crippen molar-refractivity contribution in [3.8, 4) is 0 Å². The lowest BCUT2D eigenvalue weighted by Crippen LogP contribution is -2.39. The van der Waals surface area contributed by atoms with Gasteiger partial charge >= 0.3 is 0 Å². The van der Waals surface area contributed by atoms with Crippen molar-refractivity contribution in [2.24, 2.45) is 5.92 Å². The highest BCUT2D eigenvalue weighted by Crippen LogP contribution is 2.25. The first-order chi connectivity index (χ1) is 14.1. The van der Waals surface area contributed by atoms with E-state index in [1.165, 1.54) is 28.6 Å². The third kappa shape index (κ3) is 3.46. The second-order valence-electron chi connectivity index (χ2n) is 8.74. The van der Waals surface area contributed by atoms with E-state index >= 15 is 0 Å². The fourth-order valence-corrected chi connectivity index (χ4v) is 4.87. The fourth-order valence-electron chi connectivity index (χ4n) is 4.87. The number of nitrogens with zero attached hydrogens (tertiary/aromatic N) is 3. The van der Waals surface area contributed by atoms with Crippen molar-refractivity contribution in [2.75, 3.05) is 24.5 Å². The van der Waals surface area contributed by atoms with Crippen LogP contribution in [0.5, 0.6) is 0 Å². The standard InChI is InChI=1S/C23H29N5O/c1-15-6-5-10-28(12-15)23-25-21-14-27(11-9-18(21)22(29)26-23)13-20-16(2)17-7-3-4-8-19(17)24-20/h3-4,7-8,15,24H,5-6,9-14H2,1-2H3,(H,25,26,29)/t15-/m0/s1. The number of rotatable bonds is 3.